The van der Waals surface area contributed by atoms with Gasteiger partial charge in [-0.3, -0.25) is 4.90 Å². The van der Waals surface area contributed by atoms with Crippen LogP contribution in [-0.4, -0.2) is 56.8 Å². The molecule has 0 amide bonds. The Labute approximate surface area is 211 Å². The van der Waals surface area contributed by atoms with Crippen LogP contribution in [0.15, 0.2) is 17.0 Å². The Morgan fingerprint density at radius 3 is 2.37 bits per heavy atom. The monoisotopic (exact) mass is 525 g/mol. The number of carbonyl (C=O) groups is 1. The van der Waals surface area contributed by atoms with Crippen molar-refractivity contribution in [1.29, 1.82) is 0 Å². The third-order valence-electron chi connectivity index (χ3n) is 6.33. The quantitative estimate of drug-likeness (QED) is 0.421. The lowest BCUT2D eigenvalue weighted by atomic mass is 9.85. The summed E-state index contributed by atoms with van der Waals surface area (Å²) in [5, 5.41) is 0. The largest absolute Gasteiger partial charge is 0.493 e. The lowest BCUT2D eigenvalue weighted by Crippen LogP contribution is -2.37. The second-order valence-corrected chi connectivity index (χ2v) is 9.51. The molecule has 3 atom stereocenters. The van der Waals surface area contributed by atoms with Crippen LogP contribution in [0.5, 0.6) is 28.7 Å². The molecule has 0 radical (unpaired) electrons. The summed E-state index contributed by atoms with van der Waals surface area (Å²) in [6.45, 7) is 4.58. The van der Waals surface area contributed by atoms with Crippen molar-refractivity contribution in [3.8, 4) is 28.7 Å². The van der Waals surface area contributed by atoms with Gasteiger partial charge in [0, 0.05) is 17.7 Å². The van der Waals surface area contributed by atoms with Gasteiger partial charge in [-0.1, -0.05) is 19.9 Å². The summed E-state index contributed by atoms with van der Waals surface area (Å²) >= 11 is 0. The molecule has 0 saturated carbocycles. The van der Waals surface area contributed by atoms with Crippen molar-refractivity contribution in [2.75, 3.05) is 41.7 Å². The zero-order chi connectivity index (χ0) is 25.4. The number of nitrogens with zero attached hydrogens (tertiary/aromatic N) is 1. The van der Waals surface area contributed by atoms with Gasteiger partial charge in [0.2, 0.25) is 12.5 Å². The van der Waals surface area contributed by atoms with Crippen molar-refractivity contribution < 1.29 is 37.4 Å². The zero-order valence-corrected chi connectivity index (χ0v) is 22.0. The predicted molar refractivity (Wildman–Crippen MR) is 130 cm³/mol. The summed E-state index contributed by atoms with van der Waals surface area (Å²) < 4.78 is 46.4. The molecule has 2 aromatic rings. The van der Waals surface area contributed by atoms with Crippen molar-refractivity contribution in [1.82, 2.24) is 4.90 Å². The first kappa shape index (κ1) is 25.4. The molecule has 0 N–H and O–H groups in total. The first-order chi connectivity index (χ1) is 16.9. The maximum Gasteiger partial charge on any atom is 0.343 e. The molecule has 3 heterocycles. The Balaban J connectivity index is 0.00000141. The van der Waals surface area contributed by atoms with Crippen LogP contribution in [0.25, 0.3) is 0 Å². The second-order valence-electron chi connectivity index (χ2n) is 7.81. The van der Waals surface area contributed by atoms with Gasteiger partial charge in [-0.15, -0.1) is 0 Å². The minimum atomic E-state index is -1.85. The number of rotatable bonds is 5. The SMILES string of the molecule is CC.COc1ccc2c(c1OC)C(=O)OC2C1c2c(c(S(=O)Cl)c3c(c2OC)OCO3)CCN1C. The number of hydrogen-bond acceptors (Lipinski definition) is 9. The minimum Gasteiger partial charge on any atom is -0.493 e. The summed E-state index contributed by atoms with van der Waals surface area (Å²) in [4.78, 5) is 15.4. The third kappa shape index (κ3) is 3.88. The molecule has 3 aliphatic heterocycles. The van der Waals surface area contributed by atoms with Gasteiger partial charge >= 0.3 is 5.97 Å². The van der Waals surface area contributed by atoms with Crippen LogP contribution in [0.2, 0.25) is 0 Å². The molecule has 0 aliphatic carbocycles. The number of likely N-dealkylation sites (N-methyl/N-ethyl adjacent to an activating group) is 1. The van der Waals surface area contributed by atoms with Crippen LogP contribution in [0.1, 0.15) is 53.0 Å². The molecule has 35 heavy (non-hydrogen) atoms. The van der Waals surface area contributed by atoms with E-state index in [4.69, 9.17) is 39.1 Å². The average Bonchev–Trinajstić information content (AvgIpc) is 3.47. The van der Waals surface area contributed by atoms with E-state index in [1.54, 1.807) is 12.1 Å². The van der Waals surface area contributed by atoms with Gasteiger partial charge in [0.15, 0.2) is 33.0 Å². The first-order valence-electron chi connectivity index (χ1n) is 11.2. The van der Waals surface area contributed by atoms with Crippen molar-refractivity contribution in [3.05, 3.63) is 34.4 Å². The lowest BCUT2D eigenvalue weighted by Gasteiger charge is -2.39. The van der Waals surface area contributed by atoms with Crippen molar-refractivity contribution in [2.24, 2.45) is 0 Å². The maximum absolute atomic E-state index is 13.0. The standard InChI is InChI=1S/C22H22ClNO8S.C2H6/c1-24-8-7-11-13(18(29-4)19-20(31-9-30-19)21(11)33(23)26)15(24)16-10-5-6-12(27-2)17(28-3)14(10)22(25)32-16;1-2/h5-6,15-16H,7-9H2,1-4H3;1-2H3. The van der Waals surface area contributed by atoms with Crippen LogP contribution in [0.4, 0.5) is 0 Å². The van der Waals surface area contributed by atoms with Crippen LogP contribution < -0.4 is 23.7 Å². The molecule has 0 bridgehead atoms. The molecule has 0 spiro atoms. The molecule has 0 aromatic heterocycles. The highest BCUT2D eigenvalue weighted by molar-refractivity contribution is 8.08. The fraction of sp³-hybridized carbons (Fsp3) is 0.458. The summed E-state index contributed by atoms with van der Waals surface area (Å²) in [6.07, 6.45) is -0.120. The fourth-order valence-corrected chi connectivity index (χ4v) is 6.15. The maximum atomic E-state index is 13.0. The Morgan fingerprint density at radius 2 is 1.74 bits per heavy atom. The van der Waals surface area contributed by atoms with E-state index in [1.807, 2.05) is 20.9 Å². The lowest BCUT2D eigenvalue weighted by molar-refractivity contribution is 0.00857. The van der Waals surface area contributed by atoms with E-state index in [0.717, 1.165) is 5.56 Å². The van der Waals surface area contributed by atoms with Crippen molar-refractivity contribution in [2.45, 2.75) is 37.3 Å². The van der Waals surface area contributed by atoms with E-state index in [1.165, 1.54) is 21.3 Å². The highest BCUT2D eigenvalue weighted by Crippen LogP contribution is 2.57. The minimum absolute atomic E-state index is 0.0333. The number of benzene rings is 2. The summed E-state index contributed by atoms with van der Waals surface area (Å²) in [5.41, 5.74) is 2.44. The third-order valence-corrected chi connectivity index (χ3v) is 7.54. The Kier molecular flexibility index (Phi) is 7.35. The molecule has 3 unspecified atom stereocenters. The summed E-state index contributed by atoms with van der Waals surface area (Å²) in [5.74, 6) is 1.38. The number of cyclic esters (lactones) is 1. The number of fused-ring (bicyclic) bond motifs is 3. The van der Waals surface area contributed by atoms with Gasteiger partial charge in [-0.2, -0.15) is 0 Å². The molecular formula is C24H28ClNO8S. The van der Waals surface area contributed by atoms with Crippen molar-refractivity contribution in [3.63, 3.8) is 0 Å². The van der Waals surface area contributed by atoms with E-state index in [9.17, 15) is 9.00 Å². The number of halogens is 1. The number of hydrogen-bond donors (Lipinski definition) is 0. The van der Waals surface area contributed by atoms with Crippen molar-refractivity contribution >= 4 is 26.7 Å². The van der Waals surface area contributed by atoms with Crippen LogP contribution in [-0.2, 0) is 21.2 Å². The van der Waals surface area contributed by atoms with Gasteiger partial charge in [0.1, 0.15) is 16.6 Å². The number of esters is 1. The van der Waals surface area contributed by atoms with E-state index in [-0.39, 0.29) is 6.79 Å². The molecule has 0 saturated heterocycles. The molecule has 11 heteroatoms. The van der Waals surface area contributed by atoms with Gasteiger partial charge < -0.3 is 28.4 Å². The van der Waals surface area contributed by atoms with Gasteiger partial charge in [0.05, 0.1) is 27.4 Å². The van der Waals surface area contributed by atoms with Gasteiger partial charge in [-0.05, 0) is 35.8 Å². The van der Waals surface area contributed by atoms with E-state index >= 15 is 0 Å². The number of carbonyl (C=O) groups excluding carboxylic acids is 1. The van der Waals surface area contributed by atoms with Crippen LogP contribution in [0, 0.1) is 0 Å². The highest BCUT2D eigenvalue weighted by atomic mass is 35.7. The molecule has 9 nitrogen and oxygen atoms in total. The smallest absolute Gasteiger partial charge is 0.343 e. The van der Waals surface area contributed by atoms with E-state index in [0.29, 0.717) is 63.3 Å². The highest BCUT2D eigenvalue weighted by Gasteiger charge is 2.47. The molecule has 190 valence electrons. The van der Waals surface area contributed by atoms with Crippen LogP contribution in [0.3, 0.4) is 0 Å². The van der Waals surface area contributed by atoms with Gasteiger partial charge in [-0.25, -0.2) is 9.00 Å². The Bertz CT molecular complexity index is 1190. The Hall–Kier alpha value is -2.69. The van der Waals surface area contributed by atoms with E-state index in [2.05, 4.69) is 4.90 Å². The summed E-state index contributed by atoms with van der Waals surface area (Å²) in [7, 11) is 10.7. The molecule has 0 fully saturated rings. The number of ether oxygens (including phenoxy) is 6. The first-order valence-corrected chi connectivity index (χ1v) is 13.2. The molecule has 3 aliphatic rings. The number of methoxy groups -OCH3 is 3. The normalized spacial score (nSPS) is 20.7. The van der Waals surface area contributed by atoms with E-state index < -0.39 is 28.1 Å². The molecule has 5 rings (SSSR count). The summed E-state index contributed by atoms with van der Waals surface area (Å²) in [6, 6.07) is 3.08. The molecule has 2 aromatic carbocycles. The Morgan fingerprint density at radius 1 is 1.06 bits per heavy atom. The second kappa shape index (κ2) is 10.1. The average molecular weight is 526 g/mol. The fourth-order valence-electron chi connectivity index (χ4n) is 4.96. The van der Waals surface area contributed by atoms with Crippen LogP contribution >= 0.6 is 10.7 Å². The predicted octanol–water partition coefficient (Wildman–Crippen LogP) is 4.17. The zero-order valence-electron chi connectivity index (χ0n) is 20.4. The topological polar surface area (TPSA) is 92.8 Å². The van der Waals surface area contributed by atoms with Gasteiger partial charge in [0.25, 0.3) is 0 Å². The molecular weight excluding hydrogens is 498 g/mol.